The third-order valence-corrected chi connectivity index (χ3v) is 4.24. The number of fused-ring (bicyclic) bond motifs is 1. The van der Waals surface area contributed by atoms with Gasteiger partial charge in [-0.15, -0.1) is 0 Å². The van der Waals surface area contributed by atoms with E-state index in [0.29, 0.717) is 5.92 Å². The van der Waals surface area contributed by atoms with Crippen LogP contribution < -0.4 is 10.6 Å². The predicted molar refractivity (Wildman–Crippen MR) is 89.5 cm³/mol. The number of anilines is 1. The van der Waals surface area contributed by atoms with Gasteiger partial charge in [0.2, 0.25) is 0 Å². The molecule has 1 atom stereocenters. The largest absolute Gasteiger partial charge is 0.370 e. The molecule has 3 aromatic rings. The first-order chi connectivity index (χ1) is 11.4. The van der Waals surface area contributed by atoms with Crippen molar-refractivity contribution in [1.29, 1.82) is 0 Å². The van der Waals surface area contributed by atoms with Crippen LogP contribution in [-0.4, -0.2) is 32.4 Å². The molecule has 118 valence electrons. The molecule has 0 unspecified atom stereocenters. The van der Waals surface area contributed by atoms with Crippen molar-refractivity contribution in [2.75, 3.05) is 18.4 Å². The standard InChI is InChI=1S/C17H20N6/c1-2-4-16(22-8-7-18-13-22)15(3-1)11-19-9-14-10-20-17-5-6-21-23(17)12-14/h1-8,13-14,19-20H,9-12H2/t14-/m1/s1. The van der Waals surface area contributed by atoms with Crippen molar-refractivity contribution < 1.29 is 0 Å². The van der Waals surface area contributed by atoms with E-state index in [4.69, 9.17) is 0 Å². The molecule has 0 radical (unpaired) electrons. The average molecular weight is 308 g/mol. The summed E-state index contributed by atoms with van der Waals surface area (Å²) in [5.41, 5.74) is 2.45. The summed E-state index contributed by atoms with van der Waals surface area (Å²) in [6.07, 6.45) is 7.46. The fourth-order valence-corrected chi connectivity index (χ4v) is 3.05. The SMILES string of the molecule is c1ccc(-n2ccnc2)c(CNC[C@@H]2CNc3ccnn3C2)c1. The van der Waals surface area contributed by atoms with E-state index in [9.17, 15) is 0 Å². The number of nitrogens with one attached hydrogen (secondary N) is 2. The number of rotatable bonds is 5. The summed E-state index contributed by atoms with van der Waals surface area (Å²) in [5.74, 6) is 1.66. The summed E-state index contributed by atoms with van der Waals surface area (Å²) in [6, 6.07) is 10.4. The fraction of sp³-hybridized carbons (Fsp3) is 0.294. The number of imidazole rings is 1. The van der Waals surface area contributed by atoms with Gasteiger partial charge in [-0.2, -0.15) is 5.10 Å². The van der Waals surface area contributed by atoms with E-state index in [1.54, 1.807) is 6.20 Å². The van der Waals surface area contributed by atoms with Gasteiger partial charge in [-0.3, -0.25) is 0 Å². The molecule has 4 rings (SSSR count). The maximum atomic E-state index is 4.34. The zero-order chi connectivity index (χ0) is 15.5. The highest BCUT2D eigenvalue weighted by Crippen LogP contribution is 2.17. The van der Waals surface area contributed by atoms with Gasteiger partial charge in [0.25, 0.3) is 0 Å². The van der Waals surface area contributed by atoms with Crippen molar-refractivity contribution in [2.24, 2.45) is 5.92 Å². The molecular weight excluding hydrogens is 288 g/mol. The lowest BCUT2D eigenvalue weighted by molar-refractivity contribution is 0.391. The van der Waals surface area contributed by atoms with E-state index in [1.807, 2.05) is 29.5 Å². The van der Waals surface area contributed by atoms with Gasteiger partial charge in [0, 0.05) is 50.6 Å². The first-order valence-corrected chi connectivity index (χ1v) is 7.93. The molecular formula is C17H20N6. The Morgan fingerprint density at radius 2 is 2.17 bits per heavy atom. The van der Waals surface area contributed by atoms with Crippen LogP contribution in [0.25, 0.3) is 5.69 Å². The molecule has 3 heterocycles. The minimum atomic E-state index is 0.544. The van der Waals surface area contributed by atoms with E-state index in [2.05, 4.69) is 49.5 Å². The minimum Gasteiger partial charge on any atom is -0.370 e. The molecule has 1 aliphatic rings. The number of hydrogen-bond donors (Lipinski definition) is 2. The fourth-order valence-electron chi connectivity index (χ4n) is 3.05. The third-order valence-electron chi connectivity index (χ3n) is 4.24. The third kappa shape index (κ3) is 2.98. The Morgan fingerprint density at radius 1 is 1.22 bits per heavy atom. The predicted octanol–water partition coefficient (Wildman–Crippen LogP) is 1.90. The van der Waals surface area contributed by atoms with Gasteiger partial charge in [-0.25, -0.2) is 9.67 Å². The highest BCUT2D eigenvalue weighted by Gasteiger charge is 2.17. The van der Waals surface area contributed by atoms with Gasteiger partial charge in [-0.1, -0.05) is 18.2 Å². The zero-order valence-electron chi connectivity index (χ0n) is 12.9. The van der Waals surface area contributed by atoms with Crippen LogP contribution in [0.2, 0.25) is 0 Å². The topological polar surface area (TPSA) is 59.7 Å². The van der Waals surface area contributed by atoms with Gasteiger partial charge in [0.1, 0.15) is 5.82 Å². The molecule has 0 amide bonds. The summed E-state index contributed by atoms with van der Waals surface area (Å²) in [4.78, 5) is 4.13. The zero-order valence-corrected chi connectivity index (χ0v) is 12.9. The number of para-hydroxylation sites is 1. The molecule has 0 bridgehead atoms. The Hall–Kier alpha value is -2.60. The first-order valence-electron chi connectivity index (χ1n) is 7.93. The monoisotopic (exact) mass is 308 g/mol. The van der Waals surface area contributed by atoms with E-state index in [1.165, 1.54) is 11.3 Å². The van der Waals surface area contributed by atoms with Gasteiger partial charge in [0.05, 0.1) is 18.2 Å². The highest BCUT2D eigenvalue weighted by atomic mass is 15.3. The van der Waals surface area contributed by atoms with Crippen LogP contribution in [0.1, 0.15) is 5.56 Å². The molecule has 0 saturated carbocycles. The van der Waals surface area contributed by atoms with Crippen LogP contribution >= 0.6 is 0 Å². The van der Waals surface area contributed by atoms with Crippen molar-refractivity contribution in [3.8, 4) is 5.69 Å². The Kier molecular flexibility index (Phi) is 3.81. The van der Waals surface area contributed by atoms with Crippen molar-refractivity contribution >= 4 is 5.82 Å². The van der Waals surface area contributed by atoms with Crippen molar-refractivity contribution in [1.82, 2.24) is 24.6 Å². The summed E-state index contributed by atoms with van der Waals surface area (Å²) in [7, 11) is 0. The Morgan fingerprint density at radius 3 is 3.09 bits per heavy atom. The number of benzene rings is 1. The molecule has 6 nitrogen and oxygen atoms in total. The molecule has 0 fully saturated rings. The van der Waals surface area contributed by atoms with E-state index in [-0.39, 0.29) is 0 Å². The maximum Gasteiger partial charge on any atom is 0.124 e. The van der Waals surface area contributed by atoms with Crippen LogP contribution in [0, 0.1) is 5.92 Å². The summed E-state index contributed by atoms with van der Waals surface area (Å²) in [5, 5.41) is 11.3. The molecule has 23 heavy (non-hydrogen) atoms. The van der Waals surface area contributed by atoms with Crippen molar-refractivity contribution in [3.63, 3.8) is 0 Å². The Labute approximate surface area is 135 Å². The molecule has 0 aliphatic carbocycles. The Balaban J connectivity index is 1.37. The van der Waals surface area contributed by atoms with Gasteiger partial charge >= 0.3 is 0 Å². The van der Waals surface area contributed by atoms with Crippen LogP contribution in [0.4, 0.5) is 5.82 Å². The molecule has 2 N–H and O–H groups in total. The normalized spacial score (nSPS) is 16.8. The Bertz CT molecular complexity index is 761. The molecule has 2 aromatic heterocycles. The lowest BCUT2D eigenvalue weighted by atomic mass is 10.1. The molecule has 1 aromatic carbocycles. The van der Waals surface area contributed by atoms with Crippen molar-refractivity contribution in [3.05, 3.63) is 60.8 Å². The molecule has 0 saturated heterocycles. The lowest BCUT2D eigenvalue weighted by Gasteiger charge is -2.25. The highest BCUT2D eigenvalue weighted by molar-refractivity contribution is 5.41. The first kappa shape index (κ1) is 14.0. The summed E-state index contributed by atoms with van der Waals surface area (Å²) in [6.45, 7) is 3.76. The molecule has 0 spiro atoms. The number of aromatic nitrogens is 4. The van der Waals surface area contributed by atoms with Gasteiger partial charge in [-0.05, 0) is 11.6 Å². The second-order valence-corrected chi connectivity index (χ2v) is 5.88. The quantitative estimate of drug-likeness (QED) is 0.756. The van der Waals surface area contributed by atoms with Gasteiger partial charge < -0.3 is 15.2 Å². The smallest absolute Gasteiger partial charge is 0.124 e. The number of nitrogens with zero attached hydrogens (tertiary/aromatic N) is 4. The molecule has 1 aliphatic heterocycles. The maximum absolute atomic E-state index is 4.34. The number of hydrogen-bond acceptors (Lipinski definition) is 4. The van der Waals surface area contributed by atoms with Crippen LogP contribution in [-0.2, 0) is 13.1 Å². The van der Waals surface area contributed by atoms with Crippen LogP contribution in [0.15, 0.2) is 55.2 Å². The average Bonchev–Trinajstić information content (AvgIpc) is 3.26. The lowest BCUT2D eigenvalue weighted by Crippen LogP contribution is -2.35. The summed E-state index contributed by atoms with van der Waals surface area (Å²) < 4.78 is 4.09. The van der Waals surface area contributed by atoms with Crippen LogP contribution in [0.5, 0.6) is 0 Å². The van der Waals surface area contributed by atoms with Gasteiger partial charge in [0.15, 0.2) is 0 Å². The van der Waals surface area contributed by atoms with E-state index >= 15 is 0 Å². The summed E-state index contributed by atoms with van der Waals surface area (Å²) >= 11 is 0. The second-order valence-electron chi connectivity index (χ2n) is 5.88. The van der Waals surface area contributed by atoms with Crippen LogP contribution in [0.3, 0.4) is 0 Å². The van der Waals surface area contributed by atoms with E-state index in [0.717, 1.165) is 32.0 Å². The van der Waals surface area contributed by atoms with Crippen molar-refractivity contribution in [2.45, 2.75) is 13.1 Å². The van der Waals surface area contributed by atoms with E-state index < -0.39 is 0 Å². The minimum absolute atomic E-state index is 0.544. The molecule has 6 heteroatoms. The second kappa shape index (κ2) is 6.26.